The molecule has 0 amide bonds. The van der Waals surface area contributed by atoms with Gasteiger partial charge in [-0.1, -0.05) is 97.1 Å². The number of hydrogen-bond donors (Lipinski definition) is 4. The molecular weight excluding hydrogens is 964 g/mol. The third-order valence-electron chi connectivity index (χ3n) is 9.71. The molecule has 0 radical (unpaired) electrons. The Labute approximate surface area is 408 Å². The van der Waals surface area contributed by atoms with E-state index in [1.165, 1.54) is 0 Å². The van der Waals surface area contributed by atoms with Crippen LogP contribution in [0.2, 0.25) is 0 Å². The third-order valence-corrected chi connectivity index (χ3v) is 14.0. The van der Waals surface area contributed by atoms with Crippen LogP contribution in [0.3, 0.4) is 0 Å². The summed E-state index contributed by atoms with van der Waals surface area (Å²) in [5.41, 5.74) is 7.09. The summed E-state index contributed by atoms with van der Waals surface area (Å²) in [4.78, 5) is 18.0. The standard InChI is InChI=1S/4C13H9NOS.Zr/c4*15-11-7-3-1-5-9(11)13-14-10-6-2-4-8-12(10)16-13;/h4*1-8,15H;. The molecule has 0 atom stereocenters. The maximum atomic E-state index is 9.76. The van der Waals surface area contributed by atoms with Crippen LogP contribution < -0.4 is 0 Å². The summed E-state index contributed by atoms with van der Waals surface area (Å²) >= 11 is 6.37. The van der Waals surface area contributed by atoms with Crippen LogP contribution in [-0.4, -0.2) is 40.4 Å². The van der Waals surface area contributed by atoms with Crippen molar-refractivity contribution in [1.82, 2.24) is 19.9 Å². The van der Waals surface area contributed by atoms with Gasteiger partial charge in [0.2, 0.25) is 0 Å². The Balaban J connectivity index is 0.000000118. The van der Waals surface area contributed by atoms with Crippen molar-refractivity contribution in [2.24, 2.45) is 0 Å². The van der Waals surface area contributed by atoms with Crippen LogP contribution in [0, 0.1) is 0 Å². The number of aromatic hydroxyl groups is 4. The minimum atomic E-state index is 0. The molecule has 13 heteroatoms. The van der Waals surface area contributed by atoms with E-state index in [1.54, 1.807) is 69.6 Å². The van der Waals surface area contributed by atoms with E-state index in [1.807, 2.05) is 170 Å². The van der Waals surface area contributed by atoms with E-state index >= 15 is 0 Å². The summed E-state index contributed by atoms with van der Waals surface area (Å²) in [5, 5.41) is 42.5. The van der Waals surface area contributed by atoms with E-state index in [0.29, 0.717) is 0 Å². The average molecular weight is 1000 g/mol. The van der Waals surface area contributed by atoms with Gasteiger partial charge >= 0.3 is 0 Å². The molecule has 0 spiro atoms. The van der Waals surface area contributed by atoms with Crippen molar-refractivity contribution in [2.75, 3.05) is 0 Å². The molecule has 4 heterocycles. The average Bonchev–Trinajstić information content (AvgIpc) is 4.15. The number of phenolic OH excluding ortho intramolecular Hbond substituents is 4. The van der Waals surface area contributed by atoms with Gasteiger partial charge in [0, 0.05) is 26.2 Å². The van der Waals surface area contributed by atoms with Crippen LogP contribution >= 0.6 is 45.3 Å². The van der Waals surface area contributed by atoms with E-state index in [2.05, 4.69) is 19.9 Å². The summed E-state index contributed by atoms with van der Waals surface area (Å²) < 4.78 is 4.56. The zero-order chi connectivity index (χ0) is 43.8. The Bertz CT molecular complexity index is 2920. The van der Waals surface area contributed by atoms with Gasteiger partial charge in [0.25, 0.3) is 0 Å². The minimum Gasteiger partial charge on any atom is -0.507 e. The van der Waals surface area contributed by atoms with Crippen molar-refractivity contribution in [3.8, 4) is 65.3 Å². The molecule has 8 nitrogen and oxygen atoms in total. The summed E-state index contributed by atoms with van der Waals surface area (Å²) in [5.74, 6) is 1.12. The van der Waals surface area contributed by atoms with Crippen molar-refractivity contribution >= 4 is 86.2 Å². The number of aromatic nitrogens is 4. The van der Waals surface area contributed by atoms with Crippen LogP contribution in [0.15, 0.2) is 194 Å². The maximum Gasteiger partial charge on any atom is 0.128 e. The van der Waals surface area contributed by atoms with Crippen LogP contribution in [-0.2, 0) is 26.2 Å². The normalized spacial score (nSPS) is 10.6. The summed E-state index contributed by atoms with van der Waals surface area (Å²) in [6.07, 6.45) is 0. The first-order chi connectivity index (χ1) is 31.4. The van der Waals surface area contributed by atoms with Gasteiger partial charge in [0.1, 0.15) is 43.0 Å². The van der Waals surface area contributed by atoms with Crippen molar-refractivity contribution in [3.63, 3.8) is 0 Å². The molecule has 0 aliphatic rings. The molecule has 4 aromatic heterocycles. The van der Waals surface area contributed by atoms with Gasteiger partial charge in [-0.25, -0.2) is 19.9 Å². The first-order valence-electron chi connectivity index (χ1n) is 19.9. The van der Waals surface area contributed by atoms with E-state index in [-0.39, 0.29) is 49.2 Å². The molecule has 4 N–H and O–H groups in total. The van der Waals surface area contributed by atoms with Crippen LogP contribution in [0.1, 0.15) is 0 Å². The molecule has 0 aliphatic carbocycles. The van der Waals surface area contributed by atoms with Crippen LogP contribution in [0.25, 0.3) is 83.2 Å². The molecular formula is C52H36N4O4S4Zr. The van der Waals surface area contributed by atoms with E-state index in [0.717, 1.165) is 83.2 Å². The number of benzene rings is 8. The quantitative estimate of drug-likeness (QED) is 0.137. The fraction of sp³-hybridized carbons (Fsp3) is 0. The van der Waals surface area contributed by atoms with E-state index in [4.69, 9.17) is 0 Å². The Kier molecular flexibility index (Phi) is 14.5. The smallest absolute Gasteiger partial charge is 0.128 e. The number of hydrogen-bond acceptors (Lipinski definition) is 12. The number of nitrogens with zero attached hydrogens (tertiary/aromatic N) is 4. The van der Waals surface area contributed by atoms with Gasteiger partial charge < -0.3 is 20.4 Å². The van der Waals surface area contributed by atoms with Crippen LogP contribution in [0.4, 0.5) is 0 Å². The van der Waals surface area contributed by atoms with Gasteiger partial charge in [0.15, 0.2) is 0 Å². The molecule has 0 saturated carbocycles. The second kappa shape index (κ2) is 20.9. The van der Waals surface area contributed by atoms with Gasteiger partial charge in [-0.05, 0) is 97.1 Å². The zero-order valence-corrected chi connectivity index (χ0v) is 39.9. The number of para-hydroxylation sites is 8. The van der Waals surface area contributed by atoms with Gasteiger partial charge in [-0.3, -0.25) is 0 Å². The van der Waals surface area contributed by atoms with Gasteiger partial charge in [-0.2, -0.15) is 0 Å². The number of rotatable bonds is 4. The topological polar surface area (TPSA) is 132 Å². The first-order valence-corrected chi connectivity index (χ1v) is 23.2. The second-order valence-corrected chi connectivity index (χ2v) is 18.1. The number of phenols is 4. The number of fused-ring (bicyclic) bond motifs is 4. The molecule has 65 heavy (non-hydrogen) atoms. The van der Waals surface area contributed by atoms with E-state index < -0.39 is 0 Å². The molecule has 0 aliphatic heterocycles. The van der Waals surface area contributed by atoms with Gasteiger partial charge in [-0.15, -0.1) is 45.3 Å². The monoisotopic (exact) mass is 998 g/mol. The van der Waals surface area contributed by atoms with Crippen LogP contribution in [0.5, 0.6) is 23.0 Å². The summed E-state index contributed by atoms with van der Waals surface area (Å²) in [6, 6.07) is 61.1. The fourth-order valence-corrected chi connectivity index (χ4v) is 10.6. The predicted molar refractivity (Wildman–Crippen MR) is 267 cm³/mol. The molecule has 0 bridgehead atoms. The third kappa shape index (κ3) is 10.5. The minimum absolute atomic E-state index is 0. The predicted octanol–water partition coefficient (Wildman–Crippen LogP) is 14.7. The molecule has 0 unspecified atom stereocenters. The Hall–Kier alpha value is -6.60. The molecule has 12 rings (SSSR count). The molecule has 0 saturated heterocycles. The second-order valence-electron chi connectivity index (χ2n) is 14.0. The SMILES string of the molecule is Oc1ccccc1-c1nc2ccccc2s1.Oc1ccccc1-c1nc2ccccc2s1.Oc1ccccc1-c1nc2ccccc2s1.Oc1ccccc1-c1nc2ccccc2s1.[Zr]. The van der Waals surface area contributed by atoms with Crippen molar-refractivity contribution in [3.05, 3.63) is 194 Å². The zero-order valence-electron chi connectivity index (χ0n) is 34.2. The van der Waals surface area contributed by atoms with Crippen molar-refractivity contribution < 1.29 is 46.6 Å². The molecule has 0 fully saturated rings. The fourth-order valence-electron chi connectivity index (χ4n) is 6.57. The Morgan fingerprint density at radius 3 is 0.631 bits per heavy atom. The first kappa shape index (κ1) is 45.0. The maximum absolute atomic E-state index is 9.76. The summed E-state index contributed by atoms with van der Waals surface area (Å²) in [7, 11) is 0. The van der Waals surface area contributed by atoms with E-state index in [9.17, 15) is 20.4 Å². The largest absolute Gasteiger partial charge is 0.507 e. The summed E-state index contributed by atoms with van der Waals surface area (Å²) in [6.45, 7) is 0. The Morgan fingerprint density at radius 2 is 0.431 bits per heavy atom. The van der Waals surface area contributed by atoms with Crippen molar-refractivity contribution in [2.45, 2.75) is 0 Å². The van der Waals surface area contributed by atoms with Gasteiger partial charge in [0.05, 0.1) is 63.1 Å². The molecule has 316 valence electrons. The molecule has 8 aromatic carbocycles. The van der Waals surface area contributed by atoms with Crippen molar-refractivity contribution in [1.29, 1.82) is 0 Å². The Morgan fingerprint density at radius 1 is 0.246 bits per heavy atom. The molecule has 12 aromatic rings. The number of thiazole rings is 4.